The summed E-state index contributed by atoms with van der Waals surface area (Å²) < 4.78 is 11.8. The Morgan fingerprint density at radius 3 is 2.35 bits per heavy atom. The normalized spacial score (nSPS) is 29.6. The largest absolute Gasteiger partial charge is 0.507 e. The van der Waals surface area contributed by atoms with Crippen LogP contribution in [0.1, 0.15) is 47.4 Å². The second-order valence-electron chi connectivity index (χ2n) is 6.82. The van der Waals surface area contributed by atoms with Crippen LogP contribution < -0.4 is 4.74 Å². The molecule has 2 atom stereocenters. The van der Waals surface area contributed by atoms with Crippen LogP contribution in [0.15, 0.2) is 0 Å². The van der Waals surface area contributed by atoms with Gasteiger partial charge in [-0.25, -0.2) is 0 Å². The van der Waals surface area contributed by atoms with Crippen molar-refractivity contribution < 1.29 is 14.6 Å². The highest BCUT2D eigenvalue weighted by Gasteiger charge is 2.56. The summed E-state index contributed by atoms with van der Waals surface area (Å²) in [6, 6.07) is 0. The van der Waals surface area contributed by atoms with E-state index in [0.717, 1.165) is 35.7 Å². The summed E-state index contributed by atoms with van der Waals surface area (Å²) in [4.78, 5) is 0. The van der Waals surface area contributed by atoms with Crippen molar-refractivity contribution in [3.05, 3.63) is 22.3 Å². The number of fused-ring (bicyclic) bond motifs is 1. The summed E-state index contributed by atoms with van der Waals surface area (Å²) in [5, 5.41) is 10.4. The van der Waals surface area contributed by atoms with Crippen molar-refractivity contribution in [2.75, 3.05) is 13.2 Å². The first kappa shape index (κ1) is 12.5. The molecule has 1 spiro atoms. The van der Waals surface area contributed by atoms with Gasteiger partial charge in [0.15, 0.2) is 0 Å². The number of phenols is 1. The molecule has 1 aromatic carbocycles. The highest BCUT2D eigenvalue weighted by Crippen LogP contribution is 2.61. The van der Waals surface area contributed by atoms with E-state index < -0.39 is 0 Å². The molecule has 2 heterocycles. The Morgan fingerprint density at radius 1 is 1.10 bits per heavy atom. The monoisotopic (exact) mass is 274 g/mol. The van der Waals surface area contributed by atoms with E-state index in [1.54, 1.807) is 0 Å². The summed E-state index contributed by atoms with van der Waals surface area (Å²) in [5.41, 5.74) is 4.50. The molecule has 1 saturated heterocycles. The Balaban J connectivity index is 1.94. The molecule has 1 aliphatic carbocycles. The van der Waals surface area contributed by atoms with Gasteiger partial charge in [-0.3, -0.25) is 0 Å². The number of rotatable bonds is 1. The summed E-state index contributed by atoms with van der Waals surface area (Å²) >= 11 is 0. The fourth-order valence-electron chi connectivity index (χ4n) is 4.22. The molecule has 0 bridgehead atoms. The van der Waals surface area contributed by atoms with Crippen molar-refractivity contribution in [3.63, 3.8) is 0 Å². The molecule has 3 nitrogen and oxygen atoms in total. The third-order valence-corrected chi connectivity index (χ3v) is 5.82. The van der Waals surface area contributed by atoms with Gasteiger partial charge in [0.1, 0.15) is 11.5 Å². The van der Waals surface area contributed by atoms with Gasteiger partial charge in [-0.05, 0) is 50.3 Å². The predicted molar refractivity (Wildman–Crippen MR) is 76.6 cm³/mol. The van der Waals surface area contributed by atoms with E-state index >= 15 is 0 Å². The molecule has 0 aromatic heterocycles. The maximum atomic E-state index is 10.4. The number of hydrogen-bond donors (Lipinski definition) is 1. The lowest BCUT2D eigenvalue weighted by Gasteiger charge is -2.51. The lowest BCUT2D eigenvalue weighted by atomic mass is 9.57. The van der Waals surface area contributed by atoms with Gasteiger partial charge >= 0.3 is 0 Å². The van der Waals surface area contributed by atoms with E-state index in [2.05, 4.69) is 6.92 Å². The Bertz CT molecular complexity index is 583. The Morgan fingerprint density at radius 2 is 1.80 bits per heavy atom. The van der Waals surface area contributed by atoms with Gasteiger partial charge in [0.25, 0.3) is 0 Å². The van der Waals surface area contributed by atoms with Crippen molar-refractivity contribution in [2.45, 2.75) is 52.1 Å². The number of epoxide rings is 1. The predicted octanol–water partition coefficient (Wildman–Crippen LogP) is 3.36. The molecule has 1 saturated carbocycles. The average Bonchev–Trinajstić information content (AvgIpc) is 3.23. The van der Waals surface area contributed by atoms with Crippen molar-refractivity contribution in [2.24, 2.45) is 5.41 Å². The number of ether oxygens (including phenoxy) is 2. The van der Waals surface area contributed by atoms with Crippen molar-refractivity contribution in [1.29, 1.82) is 0 Å². The first-order chi connectivity index (χ1) is 9.55. The van der Waals surface area contributed by atoms with E-state index in [4.69, 9.17) is 9.47 Å². The second kappa shape index (κ2) is 3.91. The SMILES string of the molecule is Cc1c(C)c2c(c(C)c1O)C(C1CO1)C1(CCC1)CO2. The zero-order chi connectivity index (χ0) is 14.1. The number of phenolic OH excluding ortho intramolecular Hbond substituents is 1. The lowest BCUT2D eigenvalue weighted by molar-refractivity contribution is -0.000495. The van der Waals surface area contributed by atoms with Crippen LogP contribution >= 0.6 is 0 Å². The van der Waals surface area contributed by atoms with Crippen LogP contribution in [-0.4, -0.2) is 24.4 Å². The summed E-state index contributed by atoms with van der Waals surface area (Å²) in [7, 11) is 0. The average molecular weight is 274 g/mol. The van der Waals surface area contributed by atoms with Crippen molar-refractivity contribution in [1.82, 2.24) is 0 Å². The Hall–Kier alpha value is -1.22. The van der Waals surface area contributed by atoms with Gasteiger partial charge in [0, 0.05) is 16.9 Å². The molecule has 3 aliphatic rings. The first-order valence-electron chi connectivity index (χ1n) is 7.62. The van der Waals surface area contributed by atoms with Gasteiger partial charge in [-0.15, -0.1) is 0 Å². The molecule has 1 N–H and O–H groups in total. The van der Waals surface area contributed by atoms with Gasteiger partial charge in [0.2, 0.25) is 0 Å². The lowest BCUT2D eigenvalue weighted by Crippen LogP contribution is -2.46. The molecular formula is C17H22O3. The van der Waals surface area contributed by atoms with Crippen LogP contribution in [0.5, 0.6) is 11.5 Å². The van der Waals surface area contributed by atoms with E-state index in [9.17, 15) is 5.11 Å². The first-order valence-corrected chi connectivity index (χ1v) is 7.62. The zero-order valence-electron chi connectivity index (χ0n) is 12.5. The summed E-state index contributed by atoms with van der Waals surface area (Å²) in [5.74, 6) is 1.85. The van der Waals surface area contributed by atoms with Gasteiger partial charge in [0.05, 0.1) is 19.3 Å². The molecule has 2 fully saturated rings. The van der Waals surface area contributed by atoms with Gasteiger partial charge in [-0.2, -0.15) is 0 Å². The molecule has 4 rings (SSSR count). The van der Waals surface area contributed by atoms with E-state index in [0.29, 0.717) is 17.8 Å². The fourth-order valence-corrected chi connectivity index (χ4v) is 4.22. The molecule has 2 aliphatic heterocycles. The molecule has 2 unspecified atom stereocenters. The number of hydrogen-bond acceptors (Lipinski definition) is 3. The highest BCUT2D eigenvalue weighted by molar-refractivity contribution is 5.60. The van der Waals surface area contributed by atoms with Crippen LogP contribution in [0, 0.1) is 26.2 Å². The van der Waals surface area contributed by atoms with Crippen LogP contribution in [0.4, 0.5) is 0 Å². The van der Waals surface area contributed by atoms with Crippen LogP contribution in [0.3, 0.4) is 0 Å². The molecular weight excluding hydrogens is 252 g/mol. The van der Waals surface area contributed by atoms with Crippen LogP contribution in [0.25, 0.3) is 0 Å². The topological polar surface area (TPSA) is 42.0 Å². The minimum absolute atomic E-state index is 0.257. The Kier molecular flexibility index (Phi) is 2.45. The summed E-state index contributed by atoms with van der Waals surface area (Å²) in [6.45, 7) is 7.72. The number of benzene rings is 1. The molecule has 1 aromatic rings. The van der Waals surface area contributed by atoms with Crippen molar-refractivity contribution >= 4 is 0 Å². The standard InChI is InChI=1S/C17H22O3/c1-9-10(2)16-13(11(3)15(9)18)14(12-7-19-12)17(8-20-16)5-4-6-17/h12,14,18H,4-8H2,1-3H3. The molecule has 20 heavy (non-hydrogen) atoms. The van der Waals surface area contributed by atoms with E-state index in [-0.39, 0.29) is 5.41 Å². The summed E-state index contributed by atoms with van der Waals surface area (Å²) in [6.07, 6.45) is 4.07. The Labute approximate surface area is 119 Å². The minimum Gasteiger partial charge on any atom is -0.507 e. The van der Waals surface area contributed by atoms with E-state index in [1.807, 2.05) is 13.8 Å². The third-order valence-electron chi connectivity index (χ3n) is 5.82. The van der Waals surface area contributed by atoms with Crippen LogP contribution in [0.2, 0.25) is 0 Å². The zero-order valence-corrected chi connectivity index (χ0v) is 12.5. The number of aromatic hydroxyl groups is 1. The maximum Gasteiger partial charge on any atom is 0.126 e. The van der Waals surface area contributed by atoms with Gasteiger partial charge < -0.3 is 14.6 Å². The molecule has 0 radical (unpaired) electrons. The highest BCUT2D eigenvalue weighted by atomic mass is 16.6. The minimum atomic E-state index is 0.257. The molecule has 3 heteroatoms. The van der Waals surface area contributed by atoms with Crippen molar-refractivity contribution in [3.8, 4) is 11.5 Å². The van der Waals surface area contributed by atoms with Gasteiger partial charge in [-0.1, -0.05) is 6.42 Å². The third kappa shape index (κ3) is 1.44. The quantitative estimate of drug-likeness (QED) is 0.798. The van der Waals surface area contributed by atoms with E-state index in [1.165, 1.54) is 24.8 Å². The fraction of sp³-hybridized carbons (Fsp3) is 0.647. The second-order valence-corrected chi connectivity index (χ2v) is 6.82. The maximum absolute atomic E-state index is 10.4. The van der Waals surface area contributed by atoms with Crippen LogP contribution in [-0.2, 0) is 4.74 Å². The molecule has 108 valence electrons. The molecule has 0 amide bonds. The smallest absolute Gasteiger partial charge is 0.126 e.